The Labute approximate surface area is 129 Å². The predicted octanol–water partition coefficient (Wildman–Crippen LogP) is 2.79. The molecule has 1 aromatic carbocycles. The number of benzene rings is 1. The van der Waals surface area contributed by atoms with Crippen molar-refractivity contribution in [3.63, 3.8) is 0 Å². The van der Waals surface area contributed by atoms with Crippen LogP contribution in [0.15, 0.2) is 18.2 Å². The van der Waals surface area contributed by atoms with Gasteiger partial charge in [-0.1, -0.05) is 6.92 Å². The Balaban J connectivity index is 1.78. The number of rotatable bonds is 3. The molecule has 0 aromatic heterocycles. The lowest BCUT2D eigenvalue weighted by Crippen LogP contribution is -2.28. The second-order valence-corrected chi connectivity index (χ2v) is 5.61. The zero-order valence-electron chi connectivity index (χ0n) is 12.8. The van der Waals surface area contributed by atoms with E-state index in [9.17, 15) is 9.18 Å². The van der Waals surface area contributed by atoms with Crippen LogP contribution in [0.5, 0.6) is 0 Å². The van der Waals surface area contributed by atoms with Crippen molar-refractivity contribution in [3.8, 4) is 0 Å². The van der Waals surface area contributed by atoms with Gasteiger partial charge in [-0.15, -0.1) is 0 Å². The quantitative estimate of drug-likeness (QED) is 0.861. The molecule has 2 fully saturated rings. The monoisotopic (exact) mass is 308 g/mol. The van der Waals surface area contributed by atoms with Crippen molar-refractivity contribution < 1.29 is 18.7 Å². The smallest absolute Gasteiger partial charge is 0.414 e. The highest BCUT2D eigenvalue weighted by Gasteiger charge is 2.31. The van der Waals surface area contributed by atoms with E-state index in [2.05, 4.69) is 0 Å². The van der Waals surface area contributed by atoms with E-state index in [0.717, 1.165) is 19.4 Å². The van der Waals surface area contributed by atoms with Crippen LogP contribution in [0, 0.1) is 5.82 Å². The first kappa shape index (κ1) is 15.1. The third-order valence-corrected chi connectivity index (χ3v) is 4.14. The summed E-state index contributed by atoms with van der Waals surface area (Å²) in [6.45, 7) is 5.23. The maximum absolute atomic E-state index is 14.5. The van der Waals surface area contributed by atoms with Gasteiger partial charge >= 0.3 is 6.09 Å². The third-order valence-electron chi connectivity index (χ3n) is 4.14. The van der Waals surface area contributed by atoms with Crippen LogP contribution in [-0.4, -0.2) is 45.0 Å². The van der Waals surface area contributed by atoms with Crippen LogP contribution in [0.25, 0.3) is 0 Å². The van der Waals surface area contributed by atoms with E-state index in [0.29, 0.717) is 37.7 Å². The van der Waals surface area contributed by atoms with Crippen molar-refractivity contribution >= 4 is 17.5 Å². The summed E-state index contributed by atoms with van der Waals surface area (Å²) in [4.78, 5) is 15.3. The van der Waals surface area contributed by atoms with E-state index in [1.54, 1.807) is 12.1 Å². The standard InChI is InChI=1S/C16H21FN2O3/c1-2-13-11-19(16(20)22-13)12-4-5-15(14(17)10-12)18-6-3-8-21-9-7-18/h4-5,10,13H,2-3,6-9,11H2,1H3/t13-/m0/s1. The van der Waals surface area contributed by atoms with Gasteiger partial charge in [0.15, 0.2) is 0 Å². The highest BCUT2D eigenvalue weighted by atomic mass is 19.1. The number of carbonyl (C=O) groups is 1. The molecular weight excluding hydrogens is 287 g/mol. The third kappa shape index (κ3) is 3.02. The maximum atomic E-state index is 14.5. The Morgan fingerprint density at radius 2 is 2.18 bits per heavy atom. The molecule has 2 heterocycles. The van der Waals surface area contributed by atoms with Crippen LogP contribution in [0.3, 0.4) is 0 Å². The van der Waals surface area contributed by atoms with Gasteiger partial charge in [0.25, 0.3) is 0 Å². The van der Waals surface area contributed by atoms with Gasteiger partial charge in [0, 0.05) is 19.7 Å². The first-order chi connectivity index (χ1) is 10.7. The van der Waals surface area contributed by atoms with Crippen LogP contribution >= 0.6 is 0 Å². The van der Waals surface area contributed by atoms with Gasteiger partial charge < -0.3 is 14.4 Å². The molecule has 0 spiro atoms. The van der Waals surface area contributed by atoms with Gasteiger partial charge in [-0.05, 0) is 31.0 Å². The molecule has 1 atom stereocenters. The van der Waals surface area contributed by atoms with E-state index in [1.807, 2.05) is 11.8 Å². The number of amides is 1. The van der Waals surface area contributed by atoms with Crippen LogP contribution in [0.2, 0.25) is 0 Å². The highest BCUT2D eigenvalue weighted by Crippen LogP contribution is 2.28. The number of cyclic esters (lactones) is 1. The topological polar surface area (TPSA) is 42.0 Å². The molecule has 1 amide bonds. The number of anilines is 2. The molecule has 0 radical (unpaired) electrons. The minimum atomic E-state index is -0.401. The molecule has 0 bridgehead atoms. The molecule has 22 heavy (non-hydrogen) atoms. The first-order valence-corrected chi connectivity index (χ1v) is 7.79. The average Bonchev–Trinajstić information content (AvgIpc) is 2.73. The number of ether oxygens (including phenoxy) is 2. The van der Waals surface area contributed by atoms with E-state index in [4.69, 9.17) is 9.47 Å². The minimum absolute atomic E-state index is 0.113. The lowest BCUT2D eigenvalue weighted by molar-refractivity contribution is 0.139. The van der Waals surface area contributed by atoms with Crippen molar-refractivity contribution in [1.29, 1.82) is 0 Å². The Morgan fingerprint density at radius 3 is 2.91 bits per heavy atom. The van der Waals surface area contributed by atoms with Crippen LogP contribution < -0.4 is 9.80 Å². The van der Waals surface area contributed by atoms with Gasteiger partial charge in [-0.3, -0.25) is 4.90 Å². The largest absolute Gasteiger partial charge is 0.444 e. The number of nitrogens with zero attached hydrogens (tertiary/aromatic N) is 2. The van der Waals surface area contributed by atoms with Crippen LogP contribution in [0.4, 0.5) is 20.6 Å². The fourth-order valence-corrected chi connectivity index (χ4v) is 2.85. The molecule has 0 unspecified atom stereocenters. The molecule has 2 saturated heterocycles. The van der Waals surface area contributed by atoms with E-state index in [-0.39, 0.29) is 11.9 Å². The Hall–Kier alpha value is -1.82. The molecule has 0 saturated carbocycles. The van der Waals surface area contributed by atoms with Gasteiger partial charge in [-0.25, -0.2) is 9.18 Å². The number of halogens is 1. The van der Waals surface area contributed by atoms with Crippen molar-refractivity contribution in [1.82, 2.24) is 0 Å². The van der Waals surface area contributed by atoms with Crippen molar-refractivity contribution in [2.45, 2.75) is 25.9 Å². The highest BCUT2D eigenvalue weighted by molar-refractivity contribution is 5.90. The molecule has 2 aliphatic heterocycles. The molecule has 2 aliphatic rings. The number of hydrogen-bond acceptors (Lipinski definition) is 4. The Morgan fingerprint density at radius 1 is 1.32 bits per heavy atom. The summed E-state index contributed by atoms with van der Waals surface area (Å²) in [5, 5.41) is 0. The fourth-order valence-electron chi connectivity index (χ4n) is 2.85. The summed E-state index contributed by atoms with van der Waals surface area (Å²) in [6, 6.07) is 4.94. The molecule has 1 aromatic rings. The first-order valence-electron chi connectivity index (χ1n) is 7.79. The number of carbonyl (C=O) groups excluding carboxylic acids is 1. The summed E-state index contributed by atoms with van der Waals surface area (Å²) in [7, 11) is 0. The summed E-state index contributed by atoms with van der Waals surface area (Å²) >= 11 is 0. The van der Waals surface area contributed by atoms with Crippen molar-refractivity contribution in [2.75, 3.05) is 42.6 Å². The lowest BCUT2D eigenvalue weighted by Gasteiger charge is -2.23. The van der Waals surface area contributed by atoms with Gasteiger partial charge in [0.2, 0.25) is 0 Å². The average molecular weight is 308 g/mol. The van der Waals surface area contributed by atoms with E-state index < -0.39 is 6.09 Å². The summed E-state index contributed by atoms with van der Waals surface area (Å²) in [5.41, 5.74) is 1.11. The lowest BCUT2D eigenvalue weighted by atomic mass is 10.2. The second-order valence-electron chi connectivity index (χ2n) is 5.61. The predicted molar refractivity (Wildman–Crippen MR) is 82.0 cm³/mol. The maximum Gasteiger partial charge on any atom is 0.414 e. The molecule has 6 heteroatoms. The Bertz CT molecular complexity index is 544. The second kappa shape index (κ2) is 6.52. The van der Waals surface area contributed by atoms with Crippen molar-refractivity contribution in [3.05, 3.63) is 24.0 Å². The van der Waals surface area contributed by atoms with Crippen LogP contribution in [0.1, 0.15) is 19.8 Å². The zero-order chi connectivity index (χ0) is 15.5. The normalized spacial score (nSPS) is 22.6. The van der Waals surface area contributed by atoms with Gasteiger partial charge in [0.05, 0.1) is 24.5 Å². The molecule has 0 aliphatic carbocycles. The number of hydrogen-bond donors (Lipinski definition) is 0. The molecule has 3 rings (SSSR count). The summed E-state index contributed by atoms with van der Waals surface area (Å²) < 4.78 is 25.1. The van der Waals surface area contributed by atoms with Crippen LogP contribution in [-0.2, 0) is 9.47 Å². The Kier molecular flexibility index (Phi) is 4.47. The molecule has 120 valence electrons. The molecule has 0 N–H and O–H groups in total. The van der Waals surface area contributed by atoms with Gasteiger partial charge in [-0.2, -0.15) is 0 Å². The molecule has 5 nitrogen and oxygen atoms in total. The molecular formula is C16H21FN2O3. The summed E-state index contributed by atoms with van der Waals surface area (Å²) in [5.74, 6) is -0.313. The fraction of sp³-hybridized carbons (Fsp3) is 0.562. The summed E-state index contributed by atoms with van der Waals surface area (Å²) in [6.07, 6.45) is 1.13. The van der Waals surface area contributed by atoms with Gasteiger partial charge in [0.1, 0.15) is 11.9 Å². The van der Waals surface area contributed by atoms with E-state index in [1.165, 1.54) is 11.0 Å². The van der Waals surface area contributed by atoms with E-state index >= 15 is 0 Å². The minimum Gasteiger partial charge on any atom is -0.444 e. The zero-order valence-corrected chi connectivity index (χ0v) is 12.8. The van der Waals surface area contributed by atoms with Crippen molar-refractivity contribution in [2.24, 2.45) is 0 Å². The SMILES string of the molecule is CC[C@H]1CN(c2ccc(N3CCCOCC3)c(F)c2)C(=O)O1.